The first kappa shape index (κ1) is 27.6. The van der Waals surface area contributed by atoms with Gasteiger partial charge in [0.1, 0.15) is 17.0 Å². The lowest BCUT2D eigenvalue weighted by Gasteiger charge is -2.26. The Morgan fingerprint density at radius 1 is 0.976 bits per heavy atom. The van der Waals surface area contributed by atoms with Crippen molar-refractivity contribution in [1.82, 2.24) is 4.98 Å². The largest absolute Gasteiger partial charge is 0.493 e. The summed E-state index contributed by atoms with van der Waals surface area (Å²) in [5.41, 5.74) is 5.07. The first-order valence-corrected chi connectivity index (χ1v) is 12.9. The summed E-state index contributed by atoms with van der Waals surface area (Å²) in [6.07, 6.45) is 6.31. The molecule has 210 valence electrons. The van der Waals surface area contributed by atoms with E-state index < -0.39 is 28.9 Å². The maximum Gasteiger partial charge on any atom is 0.247 e. The standard InChI is InChI=1S/C31H27F2N3O5/c1-3-4-15-40-28-18-24-22(17-27(28)39-2)25(11-14-35-24)41-26-10-9-21(16-23(26)33)36(20-7-5-19(32)6-8-20)30(38)31(12-13-31)29(34)37/h4-11,14-18H,3,12-13H2,1-2H3,(H2,34,37). The molecule has 1 heterocycles. The van der Waals surface area contributed by atoms with Gasteiger partial charge in [0.2, 0.25) is 11.8 Å². The quantitative estimate of drug-likeness (QED) is 0.175. The van der Waals surface area contributed by atoms with E-state index in [0.29, 0.717) is 28.2 Å². The Balaban J connectivity index is 1.49. The number of nitrogens with zero attached hydrogens (tertiary/aromatic N) is 2. The van der Waals surface area contributed by atoms with Crippen LogP contribution in [0.4, 0.5) is 20.2 Å². The topological polar surface area (TPSA) is 104 Å². The third-order valence-electron chi connectivity index (χ3n) is 6.83. The molecule has 1 fully saturated rings. The van der Waals surface area contributed by atoms with Gasteiger partial charge in [0.15, 0.2) is 23.1 Å². The Labute approximate surface area is 234 Å². The zero-order valence-electron chi connectivity index (χ0n) is 22.4. The highest BCUT2D eigenvalue weighted by Crippen LogP contribution is 2.49. The number of anilines is 2. The number of aromatic nitrogens is 1. The third kappa shape index (κ3) is 5.41. The van der Waals surface area contributed by atoms with Crippen molar-refractivity contribution in [3.05, 3.63) is 90.8 Å². The molecule has 0 unspecified atom stereocenters. The highest BCUT2D eigenvalue weighted by molar-refractivity contribution is 6.16. The minimum atomic E-state index is -1.38. The predicted molar refractivity (Wildman–Crippen MR) is 149 cm³/mol. The number of benzene rings is 3. The van der Waals surface area contributed by atoms with Crippen LogP contribution in [0.5, 0.6) is 23.0 Å². The molecule has 1 aliphatic rings. The number of rotatable bonds is 10. The first-order chi connectivity index (χ1) is 19.8. The minimum Gasteiger partial charge on any atom is -0.493 e. The summed E-state index contributed by atoms with van der Waals surface area (Å²) in [7, 11) is 1.50. The average Bonchev–Trinajstić information content (AvgIpc) is 3.78. The number of carbonyl (C=O) groups excluding carboxylic acids is 2. The number of hydrogen-bond donors (Lipinski definition) is 1. The lowest BCUT2D eigenvalue weighted by molar-refractivity contribution is -0.133. The number of primary amides is 1. The molecule has 0 aliphatic heterocycles. The number of carbonyl (C=O) groups is 2. The van der Waals surface area contributed by atoms with E-state index in [1.807, 2.05) is 13.0 Å². The van der Waals surface area contributed by atoms with Gasteiger partial charge in [0.05, 0.1) is 24.6 Å². The van der Waals surface area contributed by atoms with Crippen LogP contribution in [-0.4, -0.2) is 23.9 Å². The van der Waals surface area contributed by atoms with Crippen molar-refractivity contribution < 1.29 is 32.6 Å². The maximum atomic E-state index is 15.5. The van der Waals surface area contributed by atoms with Crippen LogP contribution in [0.2, 0.25) is 0 Å². The van der Waals surface area contributed by atoms with Gasteiger partial charge < -0.3 is 19.9 Å². The molecule has 4 aromatic rings. The molecule has 1 aromatic heterocycles. The number of fused-ring (bicyclic) bond motifs is 1. The van der Waals surface area contributed by atoms with Gasteiger partial charge in [-0.2, -0.15) is 0 Å². The number of ether oxygens (including phenoxy) is 3. The normalized spacial score (nSPS) is 13.7. The monoisotopic (exact) mass is 559 g/mol. The Bertz CT molecular complexity index is 1650. The zero-order valence-corrected chi connectivity index (χ0v) is 22.4. The fourth-order valence-electron chi connectivity index (χ4n) is 4.40. The van der Waals surface area contributed by atoms with Crippen LogP contribution in [0, 0.1) is 17.0 Å². The van der Waals surface area contributed by atoms with Crippen LogP contribution in [0.3, 0.4) is 0 Å². The van der Waals surface area contributed by atoms with E-state index in [9.17, 15) is 14.0 Å². The molecule has 10 heteroatoms. The highest BCUT2D eigenvalue weighted by atomic mass is 19.1. The van der Waals surface area contributed by atoms with Gasteiger partial charge >= 0.3 is 0 Å². The van der Waals surface area contributed by atoms with E-state index in [-0.39, 0.29) is 30.0 Å². The predicted octanol–water partition coefficient (Wildman–Crippen LogP) is 6.55. The Morgan fingerprint density at radius 3 is 2.34 bits per heavy atom. The molecule has 41 heavy (non-hydrogen) atoms. The van der Waals surface area contributed by atoms with Crippen LogP contribution < -0.4 is 24.8 Å². The van der Waals surface area contributed by atoms with Gasteiger partial charge in [-0.05, 0) is 73.9 Å². The molecule has 0 spiro atoms. The van der Waals surface area contributed by atoms with Crippen LogP contribution >= 0.6 is 0 Å². The second-order valence-corrected chi connectivity index (χ2v) is 9.51. The summed E-state index contributed by atoms with van der Waals surface area (Å²) in [5, 5.41) is 0.555. The van der Waals surface area contributed by atoms with Crippen LogP contribution in [0.1, 0.15) is 26.2 Å². The van der Waals surface area contributed by atoms with Crippen LogP contribution in [-0.2, 0) is 9.59 Å². The number of allylic oxidation sites excluding steroid dienone is 1. The molecule has 2 amide bonds. The summed E-state index contributed by atoms with van der Waals surface area (Å²) in [4.78, 5) is 31.1. The summed E-state index contributed by atoms with van der Waals surface area (Å²) >= 11 is 0. The lowest BCUT2D eigenvalue weighted by atomic mass is 10.0. The molecule has 5 rings (SSSR count). The zero-order chi connectivity index (χ0) is 29.1. The van der Waals surface area contributed by atoms with Crippen molar-refractivity contribution in [2.45, 2.75) is 26.2 Å². The molecule has 0 bridgehead atoms. The van der Waals surface area contributed by atoms with Gasteiger partial charge in [-0.1, -0.05) is 6.92 Å². The van der Waals surface area contributed by atoms with Gasteiger partial charge in [-0.3, -0.25) is 19.5 Å². The van der Waals surface area contributed by atoms with Gasteiger partial charge in [-0.25, -0.2) is 8.78 Å². The van der Waals surface area contributed by atoms with E-state index in [1.54, 1.807) is 24.5 Å². The fourth-order valence-corrected chi connectivity index (χ4v) is 4.40. The molecule has 0 radical (unpaired) electrons. The van der Waals surface area contributed by atoms with E-state index in [0.717, 1.165) is 12.5 Å². The Kier molecular flexibility index (Phi) is 7.56. The second kappa shape index (κ2) is 11.2. The van der Waals surface area contributed by atoms with Crippen molar-refractivity contribution in [1.29, 1.82) is 0 Å². The molecule has 1 saturated carbocycles. The molecule has 8 nitrogen and oxygen atoms in total. The van der Waals surface area contributed by atoms with Crippen molar-refractivity contribution in [3.63, 3.8) is 0 Å². The molecular formula is C31H27F2N3O5. The highest BCUT2D eigenvalue weighted by Gasteiger charge is 2.57. The summed E-state index contributed by atoms with van der Waals surface area (Å²) in [6.45, 7) is 1.98. The molecule has 2 N–H and O–H groups in total. The summed E-state index contributed by atoms with van der Waals surface area (Å²) < 4.78 is 46.2. The molecular weight excluding hydrogens is 532 g/mol. The van der Waals surface area contributed by atoms with Crippen molar-refractivity contribution in [3.8, 4) is 23.0 Å². The van der Waals surface area contributed by atoms with E-state index in [1.165, 1.54) is 54.6 Å². The smallest absolute Gasteiger partial charge is 0.247 e. The van der Waals surface area contributed by atoms with E-state index in [2.05, 4.69) is 4.98 Å². The lowest BCUT2D eigenvalue weighted by Crippen LogP contribution is -2.41. The molecule has 3 aromatic carbocycles. The summed E-state index contributed by atoms with van der Waals surface area (Å²) in [5.74, 6) is -1.56. The van der Waals surface area contributed by atoms with Gasteiger partial charge in [-0.15, -0.1) is 0 Å². The van der Waals surface area contributed by atoms with Gasteiger partial charge in [0.25, 0.3) is 0 Å². The second-order valence-electron chi connectivity index (χ2n) is 9.51. The summed E-state index contributed by atoms with van der Waals surface area (Å²) in [6, 6.07) is 14.0. The van der Waals surface area contributed by atoms with E-state index in [4.69, 9.17) is 19.9 Å². The van der Waals surface area contributed by atoms with Crippen molar-refractivity contribution in [2.24, 2.45) is 11.1 Å². The Morgan fingerprint density at radius 2 is 1.71 bits per heavy atom. The molecule has 0 saturated heterocycles. The maximum absolute atomic E-state index is 15.5. The number of hydrogen-bond acceptors (Lipinski definition) is 6. The first-order valence-electron chi connectivity index (χ1n) is 12.9. The van der Waals surface area contributed by atoms with Crippen molar-refractivity contribution in [2.75, 3.05) is 12.0 Å². The SMILES string of the molecule is CCC=COc1cc2nccc(Oc3ccc(N(C(=O)C4(C(N)=O)CC4)c4ccc(F)cc4)cc3F)c2cc1OC. The number of methoxy groups -OCH3 is 1. The van der Waals surface area contributed by atoms with Crippen LogP contribution in [0.25, 0.3) is 10.9 Å². The Hall–Kier alpha value is -4.99. The number of halogens is 2. The third-order valence-corrected chi connectivity index (χ3v) is 6.83. The average molecular weight is 560 g/mol. The number of pyridine rings is 1. The number of amides is 2. The number of nitrogens with two attached hydrogens (primary N) is 1. The minimum absolute atomic E-state index is 0.117. The molecule has 1 aliphatic carbocycles. The van der Waals surface area contributed by atoms with Crippen LogP contribution in [0.15, 0.2) is 79.2 Å². The van der Waals surface area contributed by atoms with Gasteiger partial charge in [0, 0.05) is 29.4 Å². The van der Waals surface area contributed by atoms with E-state index >= 15 is 4.39 Å². The molecule has 0 atom stereocenters. The van der Waals surface area contributed by atoms with Crippen molar-refractivity contribution >= 4 is 34.1 Å². The fraction of sp³-hybridized carbons (Fsp3) is 0.194.